The average molecular weight is 376 g/mol. The van der Waals surface area contributed by atoms with E-state index in [1.165, 1.54) is 6.42 Å². The molecule has 0 heterocycles. The lowest BCUT2D eigenvalue weighted by Crippen LogP contribution is -2.36. The van der Waals surface area contributed by atoms with Crippen LogP contribution >= 0.6 is 0 Å². The largest absolute Gasteiger partial charge is 0.484 e. The van der Waals surface area contributed by atoms with Gasteiger partial charge in [0, 0.05) is 31.3 Å². The van der Waals surface area contributed by atoms with Crippen molar-refractivity contribution in [1.29, 1.82) is 0 Å². The molecule has 0 bridgehead atoms. The second-order valence-electron chi connectivity index (χ2n) is 7.37. The second-order valence-corrected chi connectivity index (χ2v) is 7.37. The van der Waals surface area contributed by atoms with Crippen molar-refractivity contribution in [3.8, 4) is 5.75 Å². The highest BCUT2D eigenvalue weighted by Crippen LogP contribution is 2.38. The summed E-state index contributed by atoms with van der Waals surface area (Å²) in [5.41, 5.74) is 6.60. The monoisotopic (exact) mass is 375 g/mol. The summed E-state index contributed by atoms with van der Waals surface area (Å²) in [6, 6.07) is 7.18. The zero-order chi connectivity index (χ0) is 19.7. The van der Waals surface area contributed by atoms with Gasteiger partial charge in [0.15, 0.2) is 6.61 Å². The van der Waals surface area contributed by atoms with Crippen LogP contribution < -0.4 is 15.8 Å². The molecule has 6 heteroatoms. The van der Waals surface area contributed by atoms with Crippen LogP contribution in [-0.4, -0.2) is 43.0 Å². The Morgan fingerprint density at radius 2 is 1.89 bits per heavy atom. The molecule has 2 rings (SSSR count). The Labute approximate surface area is 162 Å². The smallest absolute Gasteiger partial charge is 0.260 e. The van der Waals surface area contributed by atoms with E-state index in [0.29, 0.717) is 37.5 Å². The van der Waals surface area contributed by atoms with Crippen LogP contribution in [0, 0.1) is 5.41 Å². The number of anilines is 1. The molecule has 1 fully saturated rings. The van der Waals surface area contributed by atoms with Gasteiger partial charge in [0.25, 0.3) is 5.91 Å². The van der Waals surface area contributed by atoms with Crippen molar-refractivity contribution in [3.05, 3.63) is 24.3 Å². The van der Waals surface area contributed by atoms with Crippen molar-refractivity contribution in [2.75, 3.05) is 31.6 Å². The number of nitrogens with zero attached hydrogens (tertiary/aromatic N) is 1. The van der Waals surface area contributed by atoms with Crippen LogP contribution in [0.3, 0.4) is 0 Å². The Morgan fingerprint density at radius 3 is 2.52 bits per heavy atom. The number of nitrogens with one attached hydrogen (secondary N) is 1. The summed E-state index contributed by atoms with van der Waals surface area (Å²) < 4.78 is 5.60. The van der Waals surface area contributed by atoms with E-state index in [1.54, 1.807) is 17.0 Å². The number of ether oxygens (including phenoxy) is 1. The van der Waals surface area contributed by atoms with Crippen LogP contribution in [0.2, 0.25) is 0 Å². The summed E-state index contributed by atoms with van der Waals surface area (Å²) in [6.07, 6.45) is 6.02. The first-order chi connectivity index (χ1) is 13.0. The number of carbonyl (C=O) groups excluding carboxylic acids is 2. The van der Waals surface area contributed by atoms with Gasteiger partial charge in [-0.2, -0.15) is 0 Å². The molecular weight excluding hydrogens is 342 g/mol. The van der Waals surface area contributed by atoms with Crippen LogP contribution in [0.4, 0.5) is 5.69 Å². The zero-order valence-electron chi connectivity index (χ0n) is 16.6. The fraction of sp³-hybridized carbons (Fsp3) is 0.619. The molecule has 27 heavy (non-hydrogen) atoms. The quantitative estimate of drug-likeness (QED) is 0.694. The van der Waals surface area contributed by atoms with Crippen molar-refractivity contribution < 1.29 is 14.3 Å². The molecule has 0 aromatic heterocycles. The summed E-state index contributed by atoms with van der Waals surface area (Å²) in [7, 11) is 0. The molecule has 1 aromatic rings. The minimum Gasteiger partial charge on any atom is -0.484 e. The minimum atomic E-state index is -0.0629. The standard InChI is InChI=1S/C21H33N3O3/c1-3-24(4-2)20(26)15-27-18-10-8-9-17(13-18)23-19(25)14-21(16-22)11-6-5-7-12-21/h8-10,13H,3-7,11-12,14-16,22H2,1-2H3,(H,23,25). The molecular formula is C21H33N3O3. The number of carbonyl (C=O) groups is 2. The van der Waals surface area contributed by atoms with Crippen molar-refractivity contribution >= 4 is 17.5 Å². The SMILES string of the molecule is CCN(CC)C(=O)COc1cccc(NC(=O)CC2(CN)CCCCC2)c1. The van der Waals surface area contributed by atoms with Crippen molar-refractivity contribution in [3.63, 3.8) is 0 Å². The Morgan fingerprint density at radius 1 is 1.19 bits per heavy atom. The molecule has 0 spiro atoms. The molecule has 0 radical (unpaired) electrons. The molecule has 1 saturated carbocycles. The molecule has 0 atom stereocenters. The third-order valence-corrected chi connectivity index (χ3v) is 5.48. The molecule has 0 aliphatic heterocycles. The third-order valence-electron chi connectivity index (χ3n) is 5.48. The van der Waals surface area contributed by atoms with E-state index in [0.717, 1.165) is 25.7 Å². The molecule has 1 aromatic carbocycles. The van der Waals surface area contributed by atoms with E-state index in [2.05, 4.69) is 5.32 Å². The number of rotatable bonds is 9. The van der Waals surface area contributed by atoms with Crippen molar-refractivity contribution in [2.24, 2.45) is 11.1 Å². The molecule has 6 nitrogen and oxygen atoms in total. The van der Waals surface area contributed by atoms with E-state index in [9.17, 15) is 9.59 Å². The highest BCUT2D eigenvalue weighted by Gasteiger charge is 2.32. The van der Waals surface area contributed by atoms with Crippen LogP contribution in [-0.2, 0) is 9.59 Å². The van der Waals surface area contributed by atoms with Gasteiger partial charge < -0.3 is 20.7 Å². The van der Waals surface area contributed by atoms with Crippen LogP contribution in [0.15, 0.2) is 24.3 Å². The Bertz CT molecular complexity index is 623. The fourth-order valence-corrected chi connectivity index (χ4v) is 3.78. The molecule has 150 valence electrons. The number of nitrogens with two attached hydrogens (primary N) is 1. The van der Waals surface area contributed by atoms with Crippen LogP contribution in [0.1, 0.15) is 52.4 Å². The fourth-order valence-electron chi connectivity index (χ4n) is 3.78. The van der Waals surface area contributed by atoms with Gasteiger partial charge in [0.05, 0.1) is 0 Å². The maximum atomic E-state index is 12.5. The van der Waals surface area contributed by atoms with Gasteiger partial charge in [0.1, 0.15) is 5.75 Å². The minimum absolute atomic E-state index is 0.00460. The first kappa shape index (κ1) is 21.2. The first-order valence-electron chi connectivity index (χ1n) is 10.0. The molecule has 1 aliphatic rings. The van der Waals surface area contributed by atoms with Crippen LogP contribution in [0.5, 0.6) is 5.75 Å². The maximum absolute atomic E-state index is 12.5. The van der Waals surface area contributed by atoms with Gasteiger partial charge in [-0.15, -0.1) is 0 Å². The van der Waals surface area contributed by atoms with E-state index >= 15 is 0 Å². The van der Waals surface area contributed by atoms with Crippen molar-refractivity contribution in [1.82, 2.24) is 4.90 Å². The van der Waals surface area contributed by atoms with Gasteiger partial charge in [-0.3, -0.25) is 9.59 Å². The van der Waals surface area contributed by atoms with Crippen molar-refractivity contribution in [2.45, 2.75) is 52.4 Å². The molecule has 2 amide bonds. The lowest BCUT2D eigenvalue weighted by Gasteiger charge is -2.35. The number of amides is 2. The number of benzene rings is 1. The van der Waals surface area contributed by atoms with Gasteiger partial charge in [-0.1, -0.05) is 25.3 Å². The summed E-state index contributed by atoms with van der Waals surface area (Å²) >= 11 is 0. The highest BCUT2D eigenvalue weighted by molar-refractivity contribution is 5.91. The Balaban J connectivity index is 1.90. The number of hydrogen-bond acceptors (Lipinski definition) is 4. The lowest BCUT2D eigenvalue weighted by atomic mass is 9.71. The maximum Gasteiger partial charge on any atom is 0.260 e. The second kappa shape index (κ2) is 10.3. The van der Waals surface area contributed by atoms with E-state index < -0.39 is 0 Å². The van der Waals surface area contributed by atoms with Gasteiger partial charge >= 0.3 is 0 Å². The van der Waals surface area contributed by atoms with Gasteiger partial charge in [-0.25, -0.2) is 0 Å². The van der Waals surface area contributed by atoms with E-state index in [-0.39, 0.29) is 23.8 Å². The molecule has 0 saturated heterocycles. The van der Waals surface area contributed by atoms with E-state index in [1.807, 2.05) is 26.0 Å². The topological polar surface area (TPSA) is 84.7 Å². The van der Waals surface area contributed by atoms with Gasteiger partial charge in [0.2, 0.25) is 5.91 Å². The first-order valence-corrected chi connectivity index (χ1v) is 10.0. The summed E-state index contributed by atoms with van der Waals surface area (Å²) in [6.45, 7) is 5.76. The van der Waals surface area contributed by atoms with E-state index in [4.69, 9.17) is 10.5 Å². The summed E-state index contributed by atoms with van der Waals surface area (Å²) in [4.78, 5) is 26.3. The molecule has 0 unspecified atom stereocenters. The molecule has 3 N–H and O–H groups in total. The van der Waals surface area contributed by atoms with Gasteiger partial charge in [-0.05, 0) is 50.8 Å². The Kier molecular flexibility index (Phi) is 8.10. The Hall–Kier alpha value is -2.08. The predicted octanol–water partition coefficient (Wildman–Crippen LogP) is 3.17. The number of likely N-dealkylation sites (N-methyl/N-ethyl adjacent to an activating group) is 1. The molecule has 1 aliphatic carbocycles. The summed E-state index contributed by atoms with van der Waals surface area (Å²) in [5.74, 6) is 0.509. The predicted molar refractivity (Wildman–Crippen MR) is 108 cm³/mol. The third kappa shape index (κ3) is 6.24. The highest BCUT2D eigenvalue weighted by atomic mass is 16.5. The average Bonchev–Trinajstić information content (AvgIpc) is 2.68. The normalized spacial score (nSPS) is 15.8. The van der Waals surface area contributed by atoms with Crippen LogP contribution in [0.25, 0.3) is 0 Å². The number of hydrogen-bond donors (Lipinski definition) is 2. The zero-order valence-corrected chi connectivity index (χ0v) is 16.6. The summed E-state index contributed by atoms with van der Waals surface area (Å²) in [5, 5.41) is 2.95. The lowest BCUT2D eigenvalue weighted by molar-refractivity contribution is -0.133.